The van der Waals surface area contributed by atoms with Gasteiger partial charge in [-0.05, 0) is 25.5 Å². The Morgan fingerprint density at radius 3 is 3.11 bits per heavy atom. The van der Waals surface area contributed by atoms with Crippen molar-refractivity contribution < 1.29 is 9.53 Å². The van der Waals surface area contributed by atoms with Gasteiger partial charge in [0.1, 0.15) is 0 Å². The lowest BCUT2D eigenvalue weighted by Gasteiger charge is -2.06. The minimum Gasteiger partial charge on any atom is -0.382 e. The zero-order chi connectivity index (χ0) is 12.8. The third-order valence-electron chi connectivity index (χ3n) is 2.79. The molecule has 18 heavy (non-hydrogen) atoms. The number of benzene rings is 1. The van der Waals surface area contributed by atoms with Gasteiger partial charge in [-0.2, -0.15) is 0 Å². The number of H-pyrrole nitrogens is 1. The summed E-state index contributed by atoms with van der Waals surface area (Å²) in [7, 11) is 0. The van der Waals surface area contributed by atoms with Gasteiger partial charge in [-0.25, -0.2) is 0 Å². The van der Waals surface area contributed by atoms with Crippen LogP contribution in [0.4, 0.5) is 0 Å². The quantitative estimate of drug-likeness (QED) is 0.768. The van der Waals surface area contributed by atoms with E-state index < -0.39 is 0 Å². The number of fused-ring (bicyclic) bond motifs is 1. The summed E-state index contributed by atoms with van der Waals surface area (Å²) in [6.45, 7) is 4.00. The fourth-order valence-corrected chi connectivity index (χ4v) is 1.89. The second-order valence-corrected chi connectivity index (χ2v) is 4.05. The molecule has 0 bridgehead atoms. The predicted octanol–water partition coefficient (Wildman–Crippen LogP) is 2.32. The van der Waals surface area contributed by atoms with Gasteiger partial charge in [0.05, 0.1) is 11.1 Å². The number of hydrogen-bond acceptors (Lipinski definition) is 2. The van der Waals surface area contributed by atoms with E-state index in [4.69, 9.17) is 4.74 Å². The highest BCUT2D eigenvalue weighted by Crippen LogP contribution is 2.16. The monoisotopic (exact) mass is 246 g/mol. The molecule has 4 nitrogen and oxygen atoms in total. The number of carbonyl (C=O) groups is 1. The zero-order valence-electron chi connectivity index (χ0n) is 10.5. The molecule has 2 rings (SSSR count). The fourth-order valence-electron chi connectivity index (χ4n) is 1.89. The Morgan fingerprint density at radius 1 is 1.39 bits per heavy atom. The Balaban J connectivity index is 1.94. The summed E-state index contributed by atoms with van der Waals surface area (Å²) in [6, 6.07) is 7.67. The van der Waals surface area contributed by atoms with Crippen molar-refractivity contribution in [1.82, 2.24) is 10.3 Å². The Kier molecular flexibility index (Phi) is 4.36. The molecule has 1 aromatic heterocycles. The maximum atomic E-state index is 12.0. The molecule has 2 aromatic rings. The van der Waals surface area contributed by atoms with Crippen LogP contribution in [0.3, 0.4) is 0 Å². The van der Waals surface area contributed by atoms with Gasteiger partial charge in [-0.1, -0.05) is 12.1 Å². The number of amides is 1. The highest BCUT2D eigenvalue weighted by molar-refractivity contribution is 6.05. The maximum Gasteiger partial charge on any atom is 0.253 e. The SMILES string of the molecule is CCOCCCNC(=O)c1cccc2cc[nH]c12. The van der Waals surface area contributed by atoms with Gasteiger partial charge in [-0.3, -0.25) is 4.79 Å². The second kappa shape index (κ2) is 6.21. The molecule has 0 saturated carbocycles. The molecule has 0 aliphatic carbocycles. The van der Waals surface area contributed by atoms with E-state index in [1.165, 1.54) is 0 Å². The fraction of sp³-hybridized carbons (Fsp3) is 0.357. The summed E-state index contributed by atoms with van der Waals surface area (Å²) in [5.41, 5.74) is 1.58. The number of ether oxygens (including phenoxy) is 1. The molecule has 1 amide bonds. The molecule has 2 N–H and O–H groups in total. The average molecular weight is 246 g/mol. The van der Waals surface area contributed by atoms with Crippen LogP contribution in [-0.4, -0.2) is 30.6 Å². The van der Waals surface area contributed by atoms with Crippen molar-refractivity contribution in [2.45, 2.75) is 13.3 Å². The van der Waals surface area contributed by atoms with Gasteiger partial charge in [0.2, 0.25) is 0 Å². The third-order valence-corrected chi connectivity index (χ3v) is 2.79. The van der Waals surface area contributed by atoms with E-state index in [0.717, 1.165) is 23.9 Å². The first kappa shape index (κ1) is 12.6. The molecule has 0 aliphatic rings. The predicted molar refractivity (Wildman–Crippen MR) is 71.7 cm³/mol. The minimum absolute atomic E-state index is 0.0421. The standard InChI is InChI=1S/C14H18N2O2/c1-2-18-10-4-8-16-14(17)12-6-3-5-11-7-9-15-13(11)12/h3,5-7,9,15H,2,4,8,10H2,1H3,(H,16,17). The van der Waals surface area contributed by atoms with E-state index in [9.17, 15) is 4.79 Å². The topological polar surface area (TPSA) is 54.1 Å². The van der Waals surface area contributed by atoms with Crippen LogP contribution in [0.25, 0.3) is 10.9 Å². The van der Waals surface area contributed by atoms with Crippen LogP contribution in [0.2, 0.25) is 0 Å². The van der Waals surface area contributed by atoms with E-state index in [2.05, 4.69) is 10.3 Å². The van der Waals surface area contributed by atoms with Crippen molar-refractivity contribution >= 4 is 16.8 Å². The summed E-state index contributed by atoms with van der Waals surface area (Å²) in [5.74, 6) is -0.0421. The first-order valence-electron chi connectivity index (χ1n) is 6.25. The van der Waals surface area contributed by atoms with E-state index in [1.54, 1.807) is 0 Å². The van der Waals surface area contributed by atoms with Crippen LogP contribution < -0.4 is 5.32 Å². The molecule has 0 spiro atoms. The molecule has 96 valence electrons. The molecule has 0 unspecified atom stereocenters. The summed E-state index contributed by atoms with van der Waals surface area (Å²) in [5, 5.41) is 3.95. The highest BCUT2D eigenvalue weighted by atomic mass is 16.5. The molecule has 0 aliphatic heterocycles. The normalized spacial score (nSPS) is 10.7. The van der Waals surface area contributed by atoms with Crippen LogP contribution in [0, 0.1) is 0 Å². The third kappa shape index (κ3) is 2.90. The minimum atomic E-state index is -0.0421. The van der Waals surface area contributed by atoms with Crippen LogP contribution in [0.5, 0.6) is 0 Å². The zero-order valence-corrected chi connectivity index (χ0v) is 10.5. The lowest BCUT2D eigenvalue weighted by molar-refractivity contribution is 0.0946. The summed E-state index contributed by atoms with van der Waals surface area (Å²) in [4.78, 5) is 15.1. The largest absolute Gasteiger partial charge is 0.382 e. The van der Waals surface area contributed by atoms with Gasteiger partial charge >= 0.3 is 0 Å². The smallest absolute Gasteiger partial charge is 0.253 e. The number of aromatic amines is 1. The molecule has 1 heterocycles. The molecule has 0 atom stereocenters. The molecule has 1 aromatic carbocycles. The van der Waals surface area contributed by atoms with E-state index in [1.807, 2.05) is 37.4 Å². The van der Waals surface area contributed by atoms with Crippen molar-refractivity contribution in [2.75, 3.05) is 19.8 Å². The number of hydrogen-bond donors (Lipinski definition) is 2. The Hall–Kier alpha value is -1.81. The number of rotatable bonds is 6. The Labute approximate surface area is 106 Å². The van der Waals surface area contributed by atoms with Gasteiger partial charge < -0.3 is 15.0 Å². The van der Waals surface area contributed by atoms with Crippen molar-refractivity contribution in [3.63, 3.8) is 0 Å². The molecule has 0 fully saturated rings. The van der Waals surface area contributed by atoms with E-state index >= 15 is 0 Å². The van der Waals surface area contributed by atoms with Crippen molar-refractivity contribution in [3.8, 4) is 0 Å². The second-order valence-electron chi connectivity index (χ2n) is 4.05. The van der Waals surface area contributed by atoms with Crippen molar-refractivity contribution in [3.05, 3.63) is 36.0 Å². The first-order valence-corrected chi connectivity index (χ1v) is 6.25. The van der Waals surface area contributed by atoms with Gasteiger partial charge in [0, 0.05) is 31.3 Å². The summed E-state index contributed by atoms with van der Waals surface area (Å²) < 4.78 is 5.22. The molecular formula is C14H18N2O2. The molecule has 4 heteroatoms. The summed E-state index contributed by atoms with van der Waals surface area (Å²) >= 11 is 0. The van der Waals surface area contributed by atoms with Crippen LogP contribution in [0.15, 0.2) is 30.5 Å². The molecular weight excluding hydrogens is 228 g/mol. The first-order chi connectivity index (χ1) is 8.83. The lowest BCUT2D eigenvalue weighted by atomic mass is 10.1. The lowest BCUT2D eigenvalue weighted by Crippen LogP contribution is -2.25. The molecule has 0 radical (unpaired) electrons. The Bertz CT molecular complexity index is 519. The van der Waals surface area contributed by atoms with Crippen molar-refractivity contribution in [2.24, 2.45) is 0 Å². The number of carbonyl (C=O) groups excluding carboxylic acids is 1. The number of nitrogens with one attached hydrogen (secondary N) is 2. The van der Waals surface area contributed by atoms with Crippen molar-refractivity contribution in [1.29, 1.82) is 0 Å². The maximum absolute atomic E-state index is 12.0. The summed E-state index contributed by atoms with van der Waals surface area (Å²) in [6.07, 6.45) is 2.68. The highest BCUT2D eigenvalue weighted by Gasteiger charge is 2.09. The number of para-hydroxylation sites is 1. The van der Waals surface area contributed by atoms with Crippen LogP contribution in [0.1, 0.15) is 23.7 Å². The van der Waals surface area contributed by atoms with Crippen LogP contribution >= 0.6 is 0 Å². The van der Waals surface area contributed by atoms with Gasteiger partial charge in [-0.15, -0.1) is 0 Å². The number of aromatic nitrogens is 1. The van der Waals surface area contributed by atoms with Crippen LogP contribution in [-0.2, 0) is 4.74 Å². The molecule has 0 saturated heterocycles. The average Bonchev–Trinajstić information content (AvgIpc) is 2.86. The van der Waals surface area contributed by atoms with E-state index in [-0.39, 0.29) is 5.91 Å². The van der Waals surface area contributed by atoms with Gasteiger partial charge in [0.25, 0.3) is 5.91 Å². The van der Waals surface area contributed by atoms with Gasteiger partial charge in [0.15, 0.2) is 0 Å². The van der Waals surface area contributed by atoms with E-state index in [0.29, 0.717) is 18.7 Å². The Morgan fingerprint density at radius 2 is 2.28 bits per heavy atom.